The van der Waals surface area contributed by atoms with Crippen molar-refractivity contribution in [3.05, 3.63) is 42.0 Å². The fourth-order valence-corrected chi connectivity index (χ4v) is 3.03. The topological polar surface area (TPSA) is 47.7 Å². The van der Waals surface area contributed by atoms with E-state index in [-0.39, 0.29) is 0 Å². The number of hydrogen-bond donors (Lipinski definition) is 1. The number of methoxy groups -OCH3 is 2. The molecule has 2 N–H and O–H groups in total. The van der Waals surface area contributed by atoms with Crippen LogP contribution in [0.3, 0.4) is 0 Å². The quantitative estimate of drug-likeness (QED) is 0.878. The van der Waals surface area contributed by atoms with E-state index in [1.807, 2.05) is 12.1 Å². The third-order valence-corrected chi connectivity index (χ3v) is 4.00. The zero-order valence-corrected chi connectivity index (χ0v) is 12.6. The van der Waals surface area contributed by atoms with Crippen LogP contribution in [0.4, 0.5) is 17.1 Å². The van der Waals surface area contributed by atoms with Crippen molar-refractivity contribution >= 4 is 17.1 Å². The van der Waals surface area contributed by atoms with Gasteiger partial charge in [-0.15, -0.1) is 0 Å². The molecule has 0 bridgehead atoms. The van der Waals surface area contributed by atoms with Crippen molar-refractivity contribution in [1.29, 1.82) is 0 Å². The van der Waals surface area contributed by atoms with Crippen LogP contribution >= 0.6 is 0 Å². The van der Waals surface area contributed by atoms with E-state index in [9.17, 15) is 0 Å². The lowest BCUT2D eigenvalue weighted by atomic mass is 10.1. The molecule has 0 saturated carbocycles. The Kier molecular flexibility index (Phi) is 3.37. The van der Waals surface area contributed by atoms with E-state index in [0.717, 1.165) is 12.1 Å². The van der Waals surface area contributed by atoms with Gasteiger partial charge in [0.1, 0.15) is 0 Å². The maximum Gasteiger partial charge on any atom is 0.162 e. The first-order chi connectivity index (χ1) is 10.2. The molecule has 2 aromatic carbocycles. The molecule has 3 rings (SSSR count). The maximum atomic E-state index is 6.24. The van der Waals surface area contributed by atoms with Gasteiger partial charge < -0.3 is 20.1 Å². The lowest BCUT2D eigenvalue weighted by molar-refractivity contribution is 0.355. The Bertz CT molecular complexity index is 670. The van der Waals surface area contributed by atoms with Crippen molar-refractivity contribution in [1.82, 2.24) is 0 Å². The van der Waals surface area contributed by atoms with E-state index >= 15 is 0 Å². The molecule has 0 saturated heterocycles. The Balaban J connectivity index is 2.12. The minimum absolute atomic E-state index is 0.364. The molecule has 2 aromatic rings. The van der Waals surface area contributed by atoms with E-state index < -0.39 is 0 Å². The molecule has 1 unspecified atom stereocenters. The number of para-hydroxylation sites is 1. The van der Waals surface area contributed by atoms with Crippen LogP contribution in [0.1, 0.15) is 12.5 Å². The summed E-state index contributed by atoms with van der Waals surface area (Å²) in [5.74, 6) is 1.34. The molecule has 110 valence electrons. The average molecular weight is 284 g/mol. The molecule has 4 nitrogen and oxygen atoms in total. The van der Waals surface area contributed by atoms with Crippen LogP contribution in [-0.2, 0) is 6.42 Å². The standard InChI is InChI=1S/C17H20N2O2/c1-11-8-12-6-4-5-7-14(12)19(11)15-10-17(21-3)16(20-2)9-13(15)18/h4-7,9-11H,8,18H2,1-3H3. The Hall–Kier alpha value is -2.36. The highest BCUT2D eigenvalue weighted by Gasteiger charge is 2.28. The molecule has 4 heteroatoms. The van der Waals surface area contributed by atoms with Gasteiger partial charge in [-0.2, -0.15) is 0 Å². The van der Waals surface area contributed by atoms with Crippen molar-refractivity contribution in [3.63, 3.8) is 0 Å². The molecule has 0 aliphatic carbocycles. The third kappa shape index (κ3) is 2.17. The minimum atomic E-state index is 0.364. The zero-order valence-electron chi connectivity index (χ0n) is 12.6. The van der Waals surface area contributed by atoms with Gasteiger partial charge in [0.05, 0.1) is 25.6 Å². The first kappa shape index (κ1) is 13.6. The van der Waals surface area contributed by atoms with Gasteiger partial charge in [-0.05, 0) is 25.0 Å². The highest BCUT2D eigenvalue weighted by molar-refractivity contribution is 5.81. The highest BCUT2D eigenvalue weighted by atomic mass is 16.5. The van der Waals surface area contributed by atoms with Gasteiger partial charge >= 0.3 is 0 Å². The van der Waals surface area contributed by atoms with Gasteiger partial charge in [0.25, 0.3) is 0 Å². The van der Waals surface area contributed by atoms with Crippen LogP contribution in [0.15, 0.2) is 36.4 Å². The number of ether oxygens (including phenoxy) is 2. The van der Waals surface area contributed by atoms with Crippen molar-refractivity contribution in [2.24, 2.45) is 0 Å². The Morgan fingerprint density at radius 2 is 1.71 bits per heavy atom. The zero-order chi connectivity index (χ0) is 15.0. The van der Waals surface area contributed by atoms with E-state index in [0.29, 0.717) is 23.2 Å². The Morgan fingerprint density at radius 3 is 2.43 bits per heavy atom. The number of rotatable bonds is 3. The summed E-state index contributed by atoms with van der Waals surface area (Å²) in [5, 5.41) is 0. The summed E-state index contributed by atoms with van der Waals surface area (Å²) in [6.45, 7) is 2.20. The molecule has 1 atom stereocenters. The van der Waals surface area contributed by atoms with Crippen molar-refractivity contribution < 1.29 is 9.47 Å². The number of anilines is 3. The van der Waals surface area contributed by atoms with Gasteiger partial charge in [0, 0.05) is 23.9 Å². The van der Waals surface area contributed by atoms with Gasteiger partial charge in [0.15, 0.2) is 11.5 Å². The molecule has 0 amide bonds. The minimum Gasteiger partial charge on any atom is -0.493 e. The second kappa shape index (κ2) is 5.20. The Labute approximate surface area is 125 Å². The predicted molar refractivity (Wildman–Crippen MR) is 85.7 cm³/mol. The van der Waals surface area contributed by atoms with Crippen LogP contribution in [0.25, 0.3) is 0 Å². The first-order valence-electron chi connectivity index (χ1n) is 7.04. The van der Waals surface area contributed by atoms with E-state index in [1.165, 1.54) is 11.3 Å². The number of nitrogen functional groups attached to an aromatic ring is 1. The monoisotopic (exact) mass is 284 g/mol. The summed E-state index contributed by atoms with van der Waals surface area (Å²) in [6.07, 6.45) is 1.02. The molecule has 21 heavy (non-hydrogen) atoms. The summed E-state index contributed by atoms with van der Waals surface area (Å²) >= 11 is 0. The summed E-state index contributed by atoms with van der Waals surface area (Å²) in [4.78, 5) is 2.27. The summed E-state index contributed by atoms with van der Waals surface area (Å²) < 4.78 is 10.7. The smallest absolute Gasteiger partial charge is 0.162 e. The molecule has 1 heterocycles. The van der Waals surface area contributed by atoms with E-state index in [4.69, 9.17) is 15.2 Å². The maximum absolute atomic E-state index is 6.24. The van der Waals surface area contributed by atoms with Crippen LogP contribution in [0, 0.1) is 0 Å². The van der Waals surface area contributed by atoms with Crippen molar-refractivity contribution in [3.8, 4) is 11.5 Å². The second-order valence-corrected chi connectivity index (χ2v) is 5.32. The second-order valence-electron chi connectivity index (χ2n) is 5.32. The van der Waals surface area contributed by atoms with E-state index in [2.05, 4.69) is 36.1 Å². The number of benzene rings is 2. The van der Waals surface area contributed by atoms with Crippen LogP contribution in [0.5, 0.6) is 11.5 Å². The van der Waals surface area contributed by atoms with Crippen LogP contribution in [-0.4, -0.2) is 20.3 Å². The number of hydrogen-bond acceptors (Lipinski definition) is 4. The van der Waals surface area contributed by atoms with Crippen molar-refractivity contribution in [2.75, 3.05) is 24.9 Å². The number of nitrogens with two attached hydrogens (primary N) is 1. The average Bonchev–Trinajstić information content (AvgIpc) is 2.83. The normalized spacial score (nSPS) is 16.7. The molecule has 0 fully saturated rings. The molecule has 0 radical (unpaired) electrons. The Morgan fingerprint density at radius 1 is 1.05 bits per heavy atom. The SMILES string of the molecule is COc1cc(N)c(N2c3ccccc3CC2C)cc1OC. The summed E-state index contributed by atoms with van der Waals surface area (Å²) in [6, 6.07) is 12.6. The van der Waals surface area contributed by atoms with Crippen LogP contribution in [0.2, 0.25) is 0 Å². The van der Waals surface area contributed by atoms with Crippen LogP contribution < -0.4 is 20.1 Å². The molecular weight excluding hydrogens is 264 g/mol. The fourth-order valence-electron chi connectivity index (χ4n) is 3.03. The van der Waals surface area contributed by atoms with Gasteiger partial charge in [-0.3, -0.25) is 0 Å². The predicted octanol–water partition coefficient (Wildman–Crippen LogP) is 3.37. The molecular formula is C17H20N2O2. The summed E-state index contributed by atoms with van der Waals surface area (Å²) in [5.41, 5.74) is 10.5. The molecule has 1 aliphatic heterocycles. The molecule has 1 aliphatic rings. The first-order valence-corrected chi connectivity index (χ1v) is 7.04. The molecule has 0 spiro atoms. The summed E-state index contributed by atoms with van der Waals surface area (Å²) in [7, 11) is 3.25. The van der Waals surface area contributed by atoms with Gasteiger partial charge in [-0.1, -0.05) is 18.2 Å². The fraction of sp³-hybridized carbons (Fsp3) is 0.294. The van der Waals surface area contributed by atoms with Gasteiger partial charge in [0.2, 0.25) is 0 Å². The number of fused-ring (bicyclic) bond motifs is 1. The lowest BCUT2D eigenvalue weighted by Gasteiger charge is -2.27. The lowest BCUT2D eigenvalue weighted by Crippen LogP contribution is -2.24. The highest BCUT2D eigenvalue weighted by Crippen LogP contribution is 2.44. The third-order valence-electron chi connectivity index (χ3n) is 4.00. The largest absolute Gasteiger partial charge is 0.493 e. The molecule has 0 aromatic heterocycles. The van der Waals surface area contributed by atoms with Crippen molar-refractivity contribution in [2.45, 2.75) is 19.4 Å². The van der Waals surface area contributed by atoms with E-state index in [1.54, 1.807) is 14.2 Å². The number of nitrogens with zero attached hydrogens (tertiary/aromatic N) is 1. The van der Waals surface area contributed by atoms with Gasteiger partial charge in [-0.25, -0.2) is 0 Å².